The first-order valence-corrected chi connectivity index (χ1v) is 6.38. The molecule has 0 radical (unpaired) electrons. The number of amides is 1. The van der Waals surface area contributed by atoms with Crippen molar-refractivity contribution in [1.29, 1.82) is 0 Å². The van der Waals surface area contributed by atoms with Gasteiger partial charge in [-0.25, -0.2) is 9.97 Å². The zero-order chi connectivity index (χ0) is 13.3. The zero-order valence-corrected chi connectivity index (χ0v) is 11.6. The molecule has 1 aromatic heterocycles. The van der Waals surface area contributed by atoms with Gasteiger partial charge in [-0.1, -0.05) is 25.4 Å². The van der Waals surface area contributed by atoms with E-state index in [-0.39, 0.29) is 11.8 Å². The highest BCUT2D eigenvalue weighted by Crippen LogP contribution is 2.21. The summed E-state index contributed by atoms with van der Waals surface area (Å²) in [7, 11) is 1.81. The topological polar surface area (TPSA) is 49.3 Å². The number of anilines is 1. The maximum absolute atomic E-state index is 11.7. The second-order valence-corrected chi connectivity index (χ2v) is 5.19. The minimum atomic E-state index is 0.0991. The van der Waals surface area contributed by atoms with Crippen LogP contribution in [0.1, 0.15) is 25.6 Å². The van der Waals surface area contributed by atoms with E-state index in [9.17, 15) is 4.79 Å². The van der Waals surface area contributed by atoms with Crippen molar-refractivity contribution in [2.75, 3.05) is 31.6 Å². The van der Waals surface area contributed by atoms with E-state index < -0.39 is 0 Å². The third-order valence-corrected chi connectivity index (χ3v) is 3.19. The van der Waals surface area contributed by atoms with Crippen LogP contribution in [-0.4, -0.2) is 47.5 Å². The van der Waals surface area contributed by atoms with Gasteiger partial charge in [0.05, 0.1) is 6.54 Å². The van der Waals surface area contributed by atoms with Gasteiger partial charge in [0.25, 0.3) is 0 Å². The summed E-state index contributed by atoms with van der Waals surface area (Å²) in [5.41, 5.74) is 0. The number of hydrogen-bond acceptors (Lipinski definition) is 4. The fourth-order valence-corrected chi connectivity index (χ4v) is 1.98. The van der Waals surface area contributed by atoms with E-state index in [1.54, 1.807) is 11.0 Å². The van der Waals surface area contributed by atoms with Crippen molar-refractivity contribution >= 4 is 23.3 Å². The van der Waals surface area contributed by atoms with Crippen LogP contribution in [0, 0.1) is 0 Å². The molecule has 1 aromatic rings. The Morgan fingerprint density at radius 3 is 2.67 bits per heavy atom. The van der Waals surface area contributed by atoms with Gasteiger partial charge in [0.15, 0.2) is 0 Å². The van der Waals surface area contributed by atoms with Crippen molar-refractivity contribution in [3.05, 3.63) is 17.0 Å². The second kappa shape index (κ2) is 5.10. The first kappa shape index (κ1) is 13.1. The van der Waals surface area contributed by atoms with Crippen LogP contribution < -0.4 is 4.90 Å². The van der Waals surface area contributed by atoms with Gasteiger partial charge < -0.3 is 9.80 Å². The molecule has 98 valence electrons. The summed E-state index contributed by atoms with van der Waals surface area (Å²) < 4.78 is 0. The molecule has 5 nitrogen and oxygen atoms in total. The second-order valence-electron chi connectivity index (χ2n) is 4.80. The zero-order valence-electron chi connectivity index (χ0n) is 10.9. The molecule has 2 heterocycles. The molecule has 0 atom stereocenters. The molecule has 1 fully saturated rings. The quantitative estimate of drug-likeness (QED) is 0.764. The summed E-state index contributed by atoms with van der Waals surface area (Å²) in [6.45, 7) is 5.86. The number of nitrogens with zero attached hydrogens (tertiary/aromatic N) is 4. The smallest absolute Gasteiger partial charge is 0.241 e. The Labute approximate surface area is 112 Å². The lowest BCUT2D eigenvalue weighted by atomic mass is 10.2. The van der Waals surface area contributed by atoms with Crippen LogP contribution >= 0.6 is 11.6 Å². The number of carbonyl (C=O) groups is 1. The molecule has 0 N–H and O–H groups in total. The third-order valence-electron chi connectivity index (χ3n) is 3.00. The maximum Gasteiger partial charge on any atom is 0.241 e. The van der Waals surface area contributed by atoms with Crippen molar-refractivity contribution < 1.29 is 4.79 Å². The molecule has 0 saturated carbocycles. The number of hydrogen-bond donors (Lipinski definition) is 0. The molecular formula is C12H17ClN4O. The average Bonchev–Trinajstić information content (AvgIpc) is 2.31. The molecule has 0 aliphatic carbocycles. The van der Waals surface area contributed by atoms with Gasteiger partial charge in [0, 0.05) is 32.1 Å². The van der Waals surface area contributed by atoms with E-state index in [1.165, 1.54) is 0 Å². The van der Waals surface area contributed by atoms with Crippen molar-refractivity contribution in [3.8, 4) is 0 Å². The van der Waals surface area contributed by atoms with E-state index in [0.29, 0.717) is 24.1 Å². The van der Waals surface area contributed by atoms with Gasteiger partial charge in [-0.15, -0.1) is 0 Å². The van der Waals surface area contributed by atoms with E-state index in [2.05, 4.69) is 9.97 Å². The molecule has 1 saturated heterocycles. The van der Waals surface area contributed by atoms with Crippen LogP contribution in [-0.2, 0) is 4.79 Å². The Hall–Kier alpha value is -1.36. The number of aromatic nitrogens is 2. The molecule has 0 unspecified atom stereocenters. The van der Waals surface area contributed by atoms with E-state index in [1.807, 2.05) is 25.8 Å². The molecule has 1 amide bonds. The SMILES string of the molecule is CC(C)c1nc(Cl)cc(N2CCN(C)C(=O)C2)n1. The number of rotatable bonds is 2. The predicted octanol–water partition coefficient (Wildman–Crippen LogP) is 1.53. The van der Waals surface area contributed by atoms with Gasteiger partial charge in [-0.05, 0) is 0 Å². The standard InChI is InChI=1S/C12H17ClN4O/c1-8(2)12-14-9(13)6-10(15-12)17-5-4-16(3)11(18)7-17/h6,8H,4-5,7H2,1-3H3. The first-order chi connectivity index (χ1) is 8.47. The summed E-state index contributed by atoms with van der Waals surface area (Å²) in [6.07, 6.45) is 0. The van der Waals surface area contributed by atoms with Gasteiger partial charge in [-0.2, -0.15) is 0 Å². The average molecular weight is 269 g/mol. The van der Waals surface area contributed by atoms with E-state index >= 15 is 0 Å². The van der Waals surface area contributed by atoms with Crippen LogP contribution in [0.15, 0.2) is 6.07 Å². The van der Waals surface area contributed by atoms with Crippen LogP contribution in [0.5, 0.6) is 0 Å². The summed E-state index contributed by atoms with van der Waals surface area (Å²) in [5.74, 6) is 1.76. The minimum Gasteiger partial charge on any atom is -0.345 e. The van der Waals surface area contributed by atoms with Crippen LogP contribution in [0.2, 0.25) is 5.15 Å². The molecule has 0 spiro atoms. The fourth-order valence-electron chi connectivity index (χ4n) is 1.80. The normalized spacial score (nSPS) is 16.6. The molecular weight excluding hydrogens is 252 g/mol. The number of halogens is 1. The Kier molecular flexibility index (Phi) is 3.71. The molecule has 0 bridgehead atoms. The highest BCUT2D eigenvalue weighted by molar-refractivity contribution is 6.29. The highest BCUT2D eigenvalue weighted by atomic mass is 35.5. The van der Waals surface area contributed by atoms with Gasteiger partial charge in [0.2, 0.25) is 5.91 Å². The van der Waals surface area contributed by atoms with Crippen molar-refractivity contribution in [2.24, 2.45) is 0 Å². The molecule has 0 aromatic carbocycles. The van der Waals surface area contributed by atoms with Crippen molar-refractivity contribution in [2.45, 2.75) is 19.8 Å². The number of carbonyl (C=O) groups excluding carboxylic acids is 1. The molecule has 18 heavy (non-hydrogen) atoms. The maximum atomic E-state index is 11.7. The number of piperazine rings is 1. The monoisotopic (exact) mass is 268 g/mol. The van der Waals surface area contributed by atoms with Crippen LogP contribution in [0.25, 0.3) is 0 Å². The minimum absolute atomic E-state index is 0.0991. The Morgan fingerprint density at radius 1 is 1.33 bits per heavy atom. The van der Waals surface area contributed by atoms with E-state index in [4.69, 9.17) is 11.6 Å². The Balaban J connectivity index is 2.25. The largest absolute Gasteiger partial charge is 0.345 e. The summed E-state index contributed by atoms with van der Waals surface area (Å²) in [5, 5.41) is 0.426. The van der Waals surface area contributed by atoms with Gasteiger partial charge >= 0.3 is 0 Å². The Bertz CT molecular complexity index is 463. The lowest BCUT2D eigenvalue weighted by Crippen LogP contribution is -2.48. The molecule has 6 heteroatoms. The lowest BCUT2D eigenvalue weighted by molar-refractivity contribution is -0.129. The van der Waals surface area contributed by atoms with Crippen molar-refractivity contribution in [3.63, 3.8) is 0 Å². The lowest BCUT2D eigenvalue weighted by Gasteiger charge is -2.32. The summed E-state index contributed by atoms with van der Waals surface area (Å²) >= 11 is 6.01. The number of likely N-dealkylation sites (N-methyl/N-ethyl adjacent to an activating group) is 1. The first-order valence-electron chi connectivity index (χ1n) is 6.00. The van der Waals surface area contributed by atoms with E-state index in [0.717, 1.165) is 12.4 Å². The molecule has 1 aliphatic rings. The predicted molar refractivity (Wildman–Crippen MR) is 71.0 cm³/mol. The van der Waals surface area contributed by atoms with Gasteiger partial charge in [-0.3, -0.25) is 4.79 Å². The summed E-state index contributed by atoms with van der Waals surface area (Å²) in [4.78, 5) is 24.0. The molecule has 1 aliphatic heterocycles. The third kappa shape index (κ3) is 2.72. The molecule has 2 rings (SSSR count). The highest BCUT2D eigenvalue weighted by Gasteiger charge is 2.23. The van der Waals surface area contributed by atoms with Gasteiger partial charge in [0.1, 0.15) is 16.8 Å². The van der Waals surface area contributed by atoms with Crippen LogP contribution in [0.4, 0.5) is 5.82 Å². The summed E-state index contributed by atoms with van der Waals surface area (Å²) in [6, 6.07) is 1.71. The fraction of sp³-hybridized carbons (Fsp3) is 0.583. The Morgan fingerprint density at radius 2 is 2.06 bits per heavy atom. The van der Waals surface area contributed by atoms with Crippen LogP contribution in [0.3, 0.4) is 0 Å². The van der Waals surface area contributed by atoms with Crippen molar-refractivity contribution in [1.82, 2.24) is 14.9 Å².